The molecule has 0 saturated carbocycles. The van der Waals surface area contributed by atoms with Gasteiger partial charge in [0, 0.05) is 5.92 Å². The van der Waals surface area contributed by atoms with Gasteiger partial charge in [0.2, 0.25) is 0 Å². The fraction of sp³-hybridized carbons (Fsp3) is 0.379. The molecule has 0 amide bonds. The van der Waals surface area contributed by atoms with Gasteiger partial charge in [-0.1, -0.05) is 101 Å². The molecule has 2 N–H and O–H groups in total. The van der Waals surface area contributed by atoms with E-state index >= 15 is 0 Å². The minimum absolute atomic E-state index is 0.0474. The lowest BCUT2D eigenvalue weighted by atomic mass is 9.71. The smallest absolute Gasteiger partial charge is 0.404 e. The van der Waals surface area contributed by atoms with Crippen LogP contribution in [0.4, 0.5) is 0 Å². The van der Waals surface area contributed by atoms with Crippen LogP contribution in [0.1, 0.15) is 86.4 Å². The second-order valence-electron chi connectivity index (χ2n) is 11.3. The zero-order chi connectivity index (χ0) is 25.5. The summed E-state index contributed by atoms with van der Waals surface area (Å²) in [4.78, 5) is 18.4. The molecule has 3 rings (SSSR count). The maximum Gasteiger partial charge on any atom is 0.524 e. The summed E-state index contributed by atoms with van der Waals surface area (Å²) in [6.07, 6.45) is 0. The Morgan fingerprint density at radius 1 is 0.706 bits per heavy atom. The van der Waals surface area contributed by atoms with Crippen molar-refractivity contribution in [2.45, 2.75) is 72.1 Å². The fourth-order valence-corrected chi connectivity index (χ4v) is 4.92. The molecule has 0 aliphatic heterocycles. The minimum atomic E-state index is -4.61. The van der Waals surface area contributed by atoms with Gasteiger partial charge in [0.1, 0.15) is 5.75 Å². The minimum Gasteiger partial charge on any atom is -0.404 e. The zero-order valence-electron chi connectivity index (χ0n) is 21.5. The number of benzene rings is 3. The van der Waals surface area contributed by atoms with Crippen molar-refractivity contribution in [2.24, 2.45) is 0 Å². The highest BCUT2D eigenvalue weighted by molar-refractivity contribution is 7.46. The van der Waals surface area contributed by atoms with Crippen LogP contribution < -0.4 is 4.52 Å². The summed E-state index contributed by atoms with van der Waals surface area (Å²) >= 11 is 0. The quantitative estimate of drug-likeness (QED) is 0.292. The van der Waals surface area contributed by atoms with Gasteiger partial charge in [-0.3, -0.25) is 9.79 Å². The van der Waals surface area contributed by atoms with Crippen LogP contribution in [0, 0.1) is 13.8 Å². The highest BCUT2D eigenvalue weighted by Gasteiger charge is 2.30. The summed E-state index contributed by atoms with van der Waals surface area (Å²) < 4.78 is 16.1. The van der Waals surface area contributed by atoms with Crippen LogP contribution in [0.2, 0.25) is 0 Å². The molecule has 4 nitrogen and oxygen atoms in total. The van der Waals surface area contributed by atoms with E-state index in [1.165, 1.54) is 33.4 Å². The third-order valence-electron chi connectivity index (χ3n) is 6.09. The van der Waals surface area contributed by atoms with Crippen LogP contribution in [-0.4, -0.2) is 9.79 Å². The molecule has 0 bridgehead atoms. The van der Waals surface area contributed by atoms with E-state index in [2.05, 4.69) is 91.8 Å². The summed E-state index contributed by atoms with van der Waals surface area (Å²) in [5, 5.41) is 0. The molecule has 0 aromatic heterocycles. The average Bonchev–Trinajstić information content (AvgIpc) is 2.69. The maximum atomic E-state index is 11.3. The molecular weight excluding hydrogens is 443 g/mol. The summed E-state index contributed by atoms with van der Waals surface area (Å²) in [6, 6.07) is 20.4. The summed E-state index contributed by atoms with van der Waals surface area (Å²) in [5.74, 6) is 0.101. The van der Waals surface area contributed by atoms with Gasteiger partial charge < -0.3 is 4.52 Å². The maximum absolute atomic E-state index is 11.3. The Hall–Kier alpha value is -2.39. The molecule has 0 atom stereocenters. The molecule has 34 heavy (non-hydrogen) atoms. The SMILES string of the molecule is Cc1ccc(C(c2ccc(OP(=O)(O)O)cc2)c2ccc(C)cc2C(C)(C)C)c(C(C)(C)C)c1. The average molecular weight is 481 g/mol. The van der Waals surface area contributed by atoms with Crippen LogP contribution in [0.25, 0.3) is 0 Å². The fourth-order valence-electron chi connectivity index (χ4n) is 4.53. The van der Waals surface area contributed by atoms with Crippen molar-refractivity contribution in [1.29, 1.82) is 0 Å². The monoisotopic (exact) mass is 480 g/mol. The Morgan fingerprint density at radius 3 is 1.47 bits per heavy atom. The van der Waals surface area contributed by atoms with Crippen LogP contribution in [0.3, 0.4) is 0 Å². The molecule has 0 aliphatic carbocycles. The Bertz CT molecular complexity index is 1140. The molecular formula is C29H37O4P. The second-order valence-corrected chi connectivity index (χ2v) is 12.4. The lowest BCUT2D eigenvalue weighted by Gasteiger charge is -2.32. The van der Waals surface area contributed by atoms with E-state index in [-0.39, 0.29) is 22.5 Å². The standard InChI is InChI=1S/C29H37O4P/c1-19-9-15-23(25(17-19)28(3,4)5)27(21-11-13-22(14-12-21)33-34(30,31)32)24-16-10-20(2)18-26(24)29(6,7)8/h9-18,27H,1-8H3,(H2,30,31,32). The third kappa shape index (κ3) is 6.18. The molecule has 0 heterocycles. The predicted octanol–water partition coefficient (Wildman–Crippen LogP) is 7.55. The van der Waals surface area contributed by atoms with Crippen molar-refractivity contribution in [3.63, 3.8) is 0 Å². The summed E-state index contributed by atoms with van der Waals surface area (Å²) in [7, 11) is -4.61. The molecule has 0 aliphatic rings. The van der Waals surface area contributed by atoms with Crippen molar-refractivity contribution < 1.29 is 18.9 Å². The number of phosphoric ester groups is 1. The first-order valence-corrected chi connectivity index (χ1v) is 13.2. The Kier molecular flexibility index (Phi) is 7.20. The van der Waals surface area contributed by atoms with Crippen LogP contribution in [-0.2, 0) is 15.4 Å². The summed E-state index contributed by atoms with van der Waals surface area (Å²) in [5.41, 5.74) is 8.40. The van der Waals surface area contributed by atoms with E-state index in [9.17, 15) is 14.4 Å². The predicted molar refractivity (Wildman–Crippen MR) is 140 cm³/mol. The third-order valence-corrected chi connectivity index (χ3v) is 6.54. The Balaban J connectivity index is 2.31. The van der Waals surface area contributed by atoms with Gasteiger partial charge in [-0.2, -0.15) is 0 Å². The number of aryl methyl sites for hydroxylation is 2. The molecule has 0 radical (unpaired) electrons. The van der Waals surface area contributed by atoms with Gasteiger partial charge in [0.15, 0.2) is 0 Å². The summed E-state index contributed by atoms with van der Waals surface area (Å²) in [6.45, 7) is 17.7. The highest BCUT2D eigenvalue weighted by Crippen LogP contribution is 2.44. The molecule has 3 aromatic rings. The van der Waals surface area contributed by atoms with Crippen molar-refractivity contribution in [3.05, 3.63) is 99.6 Å². The molecule has 0 saturated heterocycles. The molecule has 0 fully saturated rings. The van der Waals surface area contributed by atoms with Crippen LogP contribution >= 0.6 is 7.82 Å². The van der Waals surface area contributed by atoms with Crippen LogP contribution in [0.15, 0.2) is 60.7 Å². The van der Waals surface area contributed by atoms with Crippen molar-refractivity contribution >= 4 is 7.82 Å². The first kappa shape index (κ1) is 26.2. The first-order valence-electron chi connectivity index (χ1n) is 11.6. The normalized spacial score (nSPS) is 12.8. The van der Waals surface area contributed by atoms with E-state index < -0.39 is 7.82 Å². The lowest BCUT2D eigenvalue weighted by molar-refractivity contribution is 0.283. The Labute approximate surface area is 204 Å². The van der Waals surface area contributed by atoms with Crippen molar-refractivity contribution in [1.82, 2.24) is 0 Å². The molecule has 182 valence electrons. The van der Waals surface area contributed by atoms with E-state index in [0.29, 0.717) is 0 Å². The number of phosphoric acid groups is 1. The largest absolute Gasteiger partial charge is 0.524 e. The van der Waals surface area contributed by atoms with E-state index in [4.69, 9.17) is 4.52 Å². The van der Waals surface area contributed by atoms with Gasteiger partial charge in [-0.25, -0.2) is 4.57 Å². The highest BCUT2D eigenvalue weighted by atomic mass is 31.2. The van der Waals surface area contributed by atoms with E-state index in [0.717, 1.165) is 5.56 Å². The van der Waals surface area contributed by atoms with E-state index in [1.54, 1.807) is 12.1 Å². The Morgan fingerprint density at radius 2 is 1.12 bits per heavy atom. The number of hydrogen-bond donors (Lipinski definition) is 2. The number of rotatable bonds is 5. The van der Waals surface area contributed by atoms with Gasteiger partial charge in [-0.15, -0.1) is 0 Å². The molecule has 3 aromatic carbocycles. The molecule has 0 spiro atoms. The second kappa shape index (κ2) is 9.34. The van der Waals surface area contributed by atoms with Crippen molar-refractivity contribution in [2.75, 3.05) is 0 Å². The molecule has 0 unspecified atom stereocenters. The van der Waals surface area contributed by atoms with Gasteiger partial charge in [-0.05, 0) is 64.6 Å². The number of hydrogen-bond acceptors (Lipinski definition) is 2. The van der Waals surface area contributed by atoms with E-state index in [1.807, 2.05) is 12.1 Å². The van der Waals surface area contributed by atoms with Gasteiger partial charge in [0.05, 0.1) is 0 Å². The lowest BCUT2D eigenvalue weighted by Crippen LogP contribution is -2.21. The topological polar surface area (TPSA) is 66.8 Å². The van der Waals surface area contributed by atoms with Crippen LogP contribution in [0.5, 0.6) is 5.75 Å². The molecule has 5 heteroatoms. The van der Waals surface area contributed by atoms with Gasteiger partial charge >= 0.3 is 7.82 Å². The zero-order valence-corrected chi connectivity index (χ0v) is 22.4. The van der Waals surface area contributed by atoms with Gasteiger partial charge in [0.25, 0.3) is 0 Å². The van der Waals surface area contributed by atoms with Crippen molar-refractivity contribution in [3.8, 4) is 5.75 Å². The first-order chi connectivity index (χ1) is 15.6.